The molecule has 1 atom stereocenters. The molecule has 0 aliphatic carbocycles. The van der Waals surface area contributed by atoms with Crippen LogP contribution in [0.3, 0.4) is 0 Å². The van der Waals surface area contributed by atoms with Crippen LogP contribution in [-0.2, 0) is 0 Å². The van der Waals surface area contributed by atoms with E-state index in [0.717, 1.165) is 24.1 Å². The van der Waals surface area contributed by atoms with Gasteiger partial charge in [-0.25, -0.2) is 0 Å². The maximum absolute atomic E-state index is 12.2. The lowest BCUT2D eigenvalue weighted by molar-refractivity contribution is 0.0709. The molecule has 1 aliphatic rings. The van der Waals surface area contributed by atoms with Gasteiger partial charge in [0.15, 0.2) is 0 Å². The summed E-state index contributed by atoms with van der Waals surface area (Å²) in [6, 6.07) is 5.63. The summed E-state index contributed by atoms with van der Waals surface area (Å²) in [5.41, 5.74) is 0.676. The van der Waals surface area contributed by atoms with E-state index in [1.807, 2.05) is 4.90 Å². The molecule has 1 aromatic rings. The first kappa shape index (κ1) is 15.8. The molecule has 1 amide bonds. The van der Waals surface area contributed by atoms with Crippen molar-refractivity contribution in [3.63, 3.8) is 0 Å². The van der Waals surface area contributed by atoms with Gasteiger partial charge in [0.2, 0.25) is 0 Å². The normalized spacial score (nSPS) is 19.3. The predicted octanol–water partition coefficient (Wildman–Crippen LogP) is 2.96. The molecule has 0 saturated carbocycles. The van der Waals surface area contributed by atoms with Crippen molar-refractivity contribution in [3.8, 4) is 0 Å². The van der Waals surface area contributed by atoms with Gasteiger partial charge in [0.1, 0.15) is 0 Å². The van der Waals surface area contributed by atoms with Crippen molar-refractivity contribution in [2.45, 2.75) is 13.0 Å². The number of nitrogens with zero attached hydrogens (tertiary/aromatic N) is 1. The van der Waals surface area contributed by atoms with Crippen LogP contribution in [0.15, 0.2) is 22.7 Å². The predicted molar refractivity (Wildman–Crippen MR) is 79.8 cm³/mol. The SMILES string of the molecule is C[C@H]1CN(C(=O)c2ccc(Cl)c(Br)c2)CCN1.Cl. The van der Waals surface area contributed by atoms with Gasteiger partial charge in [-0.3, -0.25) is 4.79 Å². The van der Waals surface area contributed by atoms with Crippen LogP contribution in [0.2, 0.25) is 5.02 Å². The second-order valence-electron chi connectivity index (χ2n) is 4.24. The molecule has 1 saturated heterocycles. The molecular weight excluding hydrogens is 339 g/mol. The third-order valence-corrected chi connectivity index (χ3v) is 4.04. The molecule has 18 heavy (non-hydrogen) atoms. The van der Waals surface area contributed by atoms with E-state index >= 15 is 0 Å². The Bertz CT molecular complexity index is 442. The molecule has 1 heterocycles. The zero-order valence-corrected chi connectivity index (χ0v) is 13.1. The molecule has 1 N–H and O–H groups in total. The highest BCUT2D eigenvalue weighted by atomic mass is 79.9. The van der Waals surface area contributed by atoms with Crippen molar-refractivity contribution >= 4 is 45.8 Å². The number of nitrogens with one attached hydrogen (secondary N) is 1. The highest BCUT2D eigenvalue weighted by molar-refractivity contribution is 9.10. The average molecular weight is 354 g/mol. The zero-order chi connectivity index (χ0) is 12.4. The number of rotatable bonds is 1. The van der Waals surface area contributed by atoms with Crippen molar-refractivity contribution in [2.24, 2.45) is 0 Å². The van der Waals surface area contributed by atoms with Gasteiger partial charge in [-0.1, -0.05) is 11.6 Å². The second-order valence-corrected chi connectivity index (χ2v) is 5.50. The summed E-state index contributed by atoms with van der Waals surface area (Å²) >= 11 is 9.25. The minimum Gasteiger partial charge on any atom is -0.336 e. The summed E-state index contributed by atoms with van der Waals surface area (Å²) < 4.78 is 0.758. The van der Waals surface area contributed by atoms with Crippen molar-refractivity contribution < 1.29 is 4.79 Å². The number of carbonyl (C=O) groups excluding carboxylic acids is 1. The van der Waals surface area contributed by atoms with Crippen molar-refractivity contribution in [1.29, 1.82) is 0 Å². The van der Waals surface area contributed by atoms with Crippen LogP contribution in [-0.4, -0.2) is 36.5 Å². The molecule has 0 radical (unpaired) electrons. The first-order valence-corrected chi connectivity index (χ1v) is 6.72. The standard InChI is InChI=1S/C12H14BrClN2O.ClH/c1-8-7-16(5-4-15-8)12(17)9-2-3-11(14)10(13)6-9;/h2-3,6,8,15H,4-5,7H2,1H3;1H/t8-;/m0./s1. The number of benzene rings is 1. The lowest BCUT2D eigenvalue weighted by atomic mass is 10.1. The fourth-order valence-corrected chi connectivity index (χ4v) is 2.42. The highest BCUT2D eigenvalue weighted by Crippen LogP contribution is 2.24. The third kappa shape index (κ3) is 3.60. The maximum Gasteiger partial charge on any atom is 0.253 e. The Morgan fingerprint density at radius 3 is 2.89 bits per heavy atom. The lowest BCUT2D eigenvalue weighted by Gasteiger charge is -2.32. The highest BCUT2D eigenvalue weighted by Gasteiger charge is 2.21. The van der Waals surface area contributed by atoms with E-state index in [1.54, 1.807) is 18.2 Å². The summed E-state index contributed by atoms with van der Waals surface area (Å²) in [6.07, 6.45) is 0. The van der Waals surface area contributed by atoms with Crippen LogP contribution in [0, 0.1) is 0 Å². The van der Waals surface area contributed by atoms with Crippen molar-refractivity contribution in [3.05, 3.63) is 33.3 Å². The number of hydrogen-bond donors (Lipinski definition) is 1. The number of amides is 1. The van der Waals surface area contributed by atoms with Gasteiger partial charge in [-0.2, -0.15) is 0 Å². The van der Waals surface area contributed by atoms with Crippen molar-refractivity contribution in [2.75, 3.05) is 19.6 Å². The summed E-state index contributed by atoms with van der Waals surface area (Å²) in [4.78, 5) is 14.1. The van der Waals surface area contributed by atoms with E-state index in [1.165, 1.54) is 0 Å². The molecule has 3 nitrogen and oxygen atoms in total. The quantitative estimate of drug-likeness (QED) is 0.841. The lowest BCUT2D eigenvalue weighted by Crippen LogP contribution is -2.51. The summed E-state index contributed by atoms with van der Waals surface area (Å²) in [7, 11) is 0. The Morgan fingerprint density at radius 2 is 2.28 bits per heavy atom. The summed E-state index contributed by atoms with van der Waals surface area (Å²) in [5, 5.41) is 3.94. The van der Waals surface area contributed by atoms with Crippen LogP contribution >= 0.6 is 39.9 Å². The topological polar surface area (TPSA) is 32.3 Å². The van der Waals surface area contributed by atoms with Gasteiger partial charge in [-0.15, -0.1) is 12.4 Å². The van der Waals surface area contributed by atoms with Gasteiger partial charge in [-0.05, 0) is 41.1 Å². The molecule has 0 aromatic heterocycles. The minimum absolute atomic E-state index is 0. The van der Waals surface area contributed by atoms with Gasteiger partial charge in [0.05, 0.1) is 5.02 Å². The monoisotopic (exact) mass is 352 g/mol. The third-order valence-electron chi connectivity index (χ3n) is 2.82. The molecule has 6 heteroatoms. The van der Waals surface area contributed by atoms with E-state index in [0.29, 0.717) is 16.6 Å². The van der Waals surface area contributed by atoms with Gasteiger partial charge < -0.3 is 10.2 Å². The largest absolute Gasteiger partial charge is 0.336 e. The fourth-order valence-electron chi connectivity index (χ4n) is 1.93. The molecule has 100 valence electrons. The second kappa shape index (κ2) is 6.75. The van der Waals surface area contributed by atoms with Gasteiger partial charge >= 0.3 is 0 Å². The Labute approximate surface area is 126 Å². The van der Waals surface area contributed by atoms with Crippen LogP contribution in [0.25, 0.3) is 0 Å². The van der Waals surface area contributed by atoms with E-state index < -0.39 is 0 Å². The zero-order valence-electron chi connectivity index (χ0n) is 9.95. The van der Waals surface area contributed by atoms with Crippen molar-refractivity contribution in [1.82, 2.24) is 10.2 Å². The Kier molecular flexibility index (Phi) is 5.92. The minimum atomic E-state index is 0. The van der Waals surface area contributed by atoms with Crippen LogP contribution in [0.5, 0.6) is 0 Å². The Balaban J connectivity index is 0.00000162. The molecule has 1 fully saturated rings. The van der Waals surface area contributed by atoms with Crippen LogP contribution < -0.4 is 5.32 Å². The number of halogens is 3. The summed E-state index contributed by atoms with van der Waals surface area (Å²) in [5.74, 6) is 0.0655. The maximum atomic E-state index is 12.2. The smallest absolute Gasteiger partial charge is 0.253 e. The molecule has 1 aliphatic heterocycles. The number of hydrogen-bond acceptors (Lipinski definition) is 2. The Morgan fingerprint density at radius 1 is 1.56 bits per heavy atom. The molecule has 1 aromatic carbocycles. The fraction of sp³-hybridized carbons (Fsp3) is 0.417. The van der Waals surface area contributed by atoms with E-state index in [4.69, 9.17) is 11.6 Å². The number of carbonyl (C=O) groups is 1. The molecular formula is C12H15BrCl2N2O. The molecule has 0 spiro atoms. The molecule has 2 rings (SSSR count). The Hall–Kier alpha value is -0.290. The molecule has 0 bridgehead atoms. The first-order valence-electron chi connectivity index (χ1n) is 5.55. The van der Waals surface area contributed by atoms with Gasteiger partial charge in [0, 0.05) is 35.7 Å². The molecule has 0 unspecified atom stereocenters. The van der Waals surface area contributed by atoms with Gasteiger partial charge in [0.25, 0.3) is 5.91 Å². The van der Waals surface area contributed by atoms with E-state index in [2.05, 4.69) is 28.2 Å². The van der Waals surface area contributed by atoms with Crippen LogP contribution in [0.4, 0.5) is 0 Å². The van der Waals surface area contributed by atoms with E-state index in [-0.39, 0.29) is 18.3 Å². The average Bonchev–Trinajstić information content (AvgIpc) is 2.32. The summed E-state index contributed by atoms with van der Waals surface area (Å²) in [6.45, 7) is 4.43. The van der Waals surface area contributed by atoms with E-state index in [9.17, 15) is 4.79 Å². The first-order chi connectivity index (χ1) is 8.08. The number of piperazine rings is 1. The van der Waals surface area contributed by atoms with Crippen LogP contribution in [0.1, 0.15) is 17.3 Å².